The molecule has 20 heavy (non-hydrogen) atoms. The van der Waals surface area contributed by atoms with Crippen molar-refractivity contribution in [1.29, 1.82) is 0 Å². The molecule has 1 aromatic carbocycles. The number of nitrogens with zero attached hydrogens (tertiary/aromatic N) is 1. The van der Waals surface area contributed by atoms with E-state index in [2.05, 4.69) is 0 Å². The summed E-state index contributed by atoms with van der Waals surface area (Å²) in [6, 6.07) is 2.12. The molecule has 0 bridgehead atoms. The second-order valence-electron chi connectivity index (χ2n) is 3.83. The molecule has 9 heteroatoms. The van der Waals surface area contributed by atoms with E-state index in [1.807, 2.05) is 0 Å². The summed E-state index contributed by atoms with van der Waals surface area (Å²) in [6.45, 7) is -3.05. The number of aliphatic carboxylic acids is 1. The zero-order valence-corrected chi connectivity index (χ0v) is 9.82. The molecule has 1 amide bonds. The second-order valence-corrected chi connectivity index (χ2v) is 3.83. The molecule has 0 saturated heterocycles. The number of phenolic OH excluding ortho intramolecular Hbond substituents is 1. The Morgan fingerprint density at radius 3 is 2.35 bits per heavy atom. The minimum absolute atomic E-state index is 0.0448. The van der Waals surface area contributed by atoms with Gasteiger partial charge in [-0.1, -0.05) is 0 Å². The monoisotopic (exact) mass is 295 g/mol. The van der Waals surface area contributed by atoms with Crippen molar-refractivity contribution in [3.63, 3.8) is 0 Å². The van der Waals surface area contributed by atoms with E-state index in [0.29, 0.717) is 6.07 Å². The van der Waals surface area contributed by atoms with Crippen molar-refractivity contribution in [2.75, 3.05) is 13.1 Å². The summed E-state index contributed by atoms with van der Waals surface area (Å²) in [5, 5.41) is 17.8. The van der Waals surface area contributed by atoms with Crippen molar-refractivity contribution in [3.8, 4) is 5.75 Å². The van der Waals surface area contributed by atoms with Gasteiger partial charge in [-0.25, -0.2) is 4.39 Å². The van der Waals surface area contributed by atoms with Crippen molar-refractivity contribution >= 4 is 11.9 Å². The van der Waals surface area contributed by atoms with Crippen molar-refractivity contribution in [1.82, 2.24) is 4.90 Å². The Labute approximate surface area is 110 Å². The number of aromatic hydroxyl groups is 1. The highest BCUT2D eigenvalue weighted by atomic mass is 19.4. The number of hydrogen-bond donors (Lipinski definition) is 2. The number of carboxylic acids is 1. The molecule has 0 heterocycles. The molecular formula is C11H9F4NO4. The number of benzene rings is 1. The highest BCUT2D eigenvalue weighted by Gasteiger charge is 2.35. The van der Waals surface area contributed by atoms with Crippen molar-refractivity contribution < 1.29 is 37.4 Å². The predicted octanol–water partition coefficient (Wildman–Crippen LogP) is 1.62. The molecule has 0 fully saturated rings. The van der Waals surface area contributed by atoms with Crippen molar-refractivity contribution in [2.45, 2.75) is 6.18 Å². The van der Waals surface area contributed by atoms with Crippen LogP contribution in [0.5, 0.6) is 5.75 Å². The second kappa shape index (κ2) is 5.76. The SMILES string of the molecule is O=C(O)CN(CC(F)(F)F)C(=O)c1cc(F)ccc1O. The normalized spacial score (nSPS) is 11.2. The van der Waals surface area contributed by atoms with E-state index in [9.17, 15) is 32.3 Å². The van der Waals surface area contributed by atoms with Crippen LogP contribution in [0.4, 0.5) is 17.6 Å². The number of halogens is 4. The molecule has 110 valence electrons. The number of rotatable bonds is 4. The zero-order chi connectivity index (χ0) is 15.5. The Bertz CT molecular complexity index is 530. The van der Waals surface area contributed by atoms with Gasteiger partial charge in [-0.15, -0.1) is 0 Å². The van der Waals surface area contributed by atoms with Gasteiger partial charge >= 0.3 is 12.1 Å². The van der Waals surface area contributed by atoms with E-state index in [1.165, 1.54) is 0 Å². The van der Waals surface area contributed by atoms with Crippen LogP contribution in [0.1, 0.15) is 10.4 Å². The highest BCUT2D eigenvalue weighted by Crippen LogP contribution is 2.22. The first-order chi connectivity index (χ1) is 9.10. The van der Waals surface area contributed by atoms with Crippen molar-refractivity contribution in [2.24, 2.45) is 0 Å². The maximum atomic E-state index is 13.0. The number of carboxylic acid groups (broad SMARTS) is 1. The van der Waals surface area contributed by atoms with E-state index in [1.54, 1.807) is 0 Å². The largest absolute Gasteiger partial charge is 0.507 e. The fourth-order valence-corrected chi connectivity index (χ4v) is 1.43. The summed E-state index contributed by atoms with van der Waals surface area (Å²) in [6.07, 6.45) is -4.83. The lowest BCUT2D eigenvalue weighted by molar-refractivity contribution is -0.149. The molecular weight excluding hydrogens is 286 g/mol. The quantitative estimate of drug-likeness (QED) is 0.827. The maximum Gasteiger partial charge on any atom is 0.406 e. The van der Waals surface area contributed by atoms with Crippen LogP contribution in [-0.4, -0.2) is 46.3 Å². The van der Waals surface area contributed by atoms with E-state index < -0.39 is 48.3 Å². The first kappa shape index (κ1) is 15.7. The van der Waals surface area contributed by atoms with Gasteiger partial charge in [0.25, 0.3) is 5.91 Å². The van der Waals surface area contributed by atoms with Crippen LogP contribution in [-0.2, 0) is 4.79 Å². The minimum Gasteiger partial charge on any atom is -0.507 e. The zero-order valence-electron chi connectivity index (χ0n) is 9.82. The van der Waals surface area contributed by atoms with Gasteiger partial charge in [0.2, 0.25) is 0 Å². The van der Waals surface area contributed by atoms with Crippen LogP contribution in [0.2, 0.25) is 0 Å². The third kappa shape index (κ3) is 4.41. The molecule has 0 aromatic heterocycles. The Morgan fingerprint density at radius 2 is 1.85 bits per heavy atom. The highest BCUT2D eigenvalue weighted by molar-refractivity contribution is 5.98. The number of hydrogen-bond acceptors (Lipinski definition) is 3. The van der Waals surface area contributed by atoms with E-state index in [0.717, 1.165) is 12.1 Å². The van der Waals surface area contributed by atoms with Gasteiger partial charge < -0.3 is 15.1 Å². The van der Waals surface area contributed by atoms with Crippen molar-refractivity contribution in [3.05, 3.63) is 29.6 Å². The summed E-state index contributed by atoms with van der Waals surface area (Å²) >= 11 is 0. The number of carbonyl (C=O) groups is 2. The third-order valence-electron chi connectivity index (χ3n) is 2.17. The van der Waals surface area contributed by atoms with Gasteiger partial charge in [0.1, 0.15) is 24.7 Å². The molecule has 1 rings (SSSR count). The number of carbonyl (C=O) groups excluding carboxylic acids is 1. The van der Waals surface area contributed by atoms with Gasteiger partial charge in [0.15, 0.2) is 0 Å². The topological polar surface area (TPSA) is 77.8 Å². The molecule has 0 aliphatic heterocycles. The number of phenols is 1. The molecule has 1 aromatic rings. The van der Waals surface area contributed by atoms with Gasteiger partial charge in [-0.2, -0.15) is 13.2 Å². The Morgan fingerprint density at radius 1 is 1.25 bits per heavy atom. The lowest BCUT2D eigenvalue weighted by Crippen LogP contribution is -2.42. The van der Waals surface area contributed by atoms with Crippen LogP contribution in [0.25, 0.3) is 0 Å². The number of alkyl halides is 3. The molecule has 0 unspecified atom stereocenters. The maximum absolute atomic E-state index is 13.0. The van der Waals surface area contributed by atoms with Crippen LogP contribution in [0, 0.1) is 5.82 Å². The first-order valence-electron chi connectivity index (χ1n) is 5.16. The summed E-state index contributed by atoms with van der Waals surface area (Å²) in [5.41, 5.74) is -0.740. The molecule has 0 spiro atoms. The average Bonchev–Trinajstić information content (AvgIpc) is 2.28. The van der Waals surface area contributed by atoms with Crippen LogP contribution >= 0.6 is 0 Å². The fourth-order valence-electron chi connectivity index (χ4n) is 1.43. The van der Waals surface area contributed by atoms with Gasteiger partial charge in [0, 0.05) is 0 Å². The molecule has 0 aliphatic rings. The summed E-state index contributed by atoms with van der Waals surface area (Å²) < 4.78 is 49.8. The van der Waals surface area contributed by atoms with E-state index in [4.69, 9.17) is 5.11 Å². The Balaban J connectivity index is 3.09. The molecule has 0 saturated carbocycles. The molecule has 0 radical (unpaired) electrons. The van der Waals surface area contributed by atoms with Crippen LogP contribution in [0.3, 0.4) is 0 Å². The average molecular weight is 295 g/mol. The standard InChI is InChI=1S/C11H9F4NO4/c12-6-1-2-8(17)7(3-6)10(20)16(4-9(18)19)5-11(13,14)15/h1-3,17H,4-5H2,(H,18,19). The summed E-state index contributed by atoms with van der Waals surface area (Å²) in [5.74, 6) is -4.79. The predicted molar refractivity (Wildman–Crippen MR) is 57.7 cm³/mol. The third-order valence-corrected chi connectivity index (χ3v) is 2.17. The molecule has 0 aliphatic carbocycles. The smallest absolute Gasteiger partial charge is 0.406 e. The van der Waals surface area contributed by atoms with Gasteiger partial charge in [-0.3, -0.25) is 9.59 Å². The van der Waals surface area contributed by atoms with E-state index in [-0.39, 0.29) is 4.90 Å². The number of amides is 1. The Hall–Kier alpha value is -2.32. The van der Waals surface area contributed by atoms with Gasteiger partial charge in [-0.05, 0) is 18.2 Å². The molecule has 0 atom stereocenters. The van der Waals surface area contributed by atoms with Crippen LogP contribution in [0.15, 0.2) is 18.2 Å². The summed E-state index contributed by atoms with van der Waals surface area (Å²) in [7, 11) is 0. The van der Waals surface area contributed by atoms with Crippen LogP contribution < -0.4 is 0 Å². The summed E-state index contributed by atoms with van der Waals surface area (Å²) in [4.78, 5) is 22.2. The fraction of sp³-hybridized carbons (Fsp3) is 0.273. The minimum atomic E-state index is -4.83. The lowest BCUT2D eigenvalue weighted by Gasteiger charge is -2.22. The Kier molecular flexibility index (Phi) is 4.53. The van der Waals surface area contributed by atoms with E-state index >= 15 is 0 Å². The molecule has 5 nitrogen and oxygen atoms in total. The lowest BCUT2D eigenvalue weighted by atomic mass is 10.1. The molecule has 2 N–H and O–H groups in total. The van der Waals surface area contributed by atoms with Gasteiger partial charge in [0.05, 0.1) is 5.56 Å². The first-order valence-corrected chi connectivity index (χ1v) is 5.16.